The average Bonchev–Trinajstić information content (AvgIpc) is 2.84. The Balaban J connectivity index is 2.13. The predicted octanol–water partition coefficient (Wildman–Crippen LogP) is 2.42. The third kappa shape index (κ3) is 2.48. The molecule has 1 heterocycles. The second-order valence-corrected chi connectivity index (χ2v) is 3.78. The van der Waals surface area contributed by atoms with Crippen LogP contribution < -0.4 is 5.32 Å². The zero-order valence-corrected chi connectivity index (χ0v) is 10.0. The Morgan fingerprint density at radius 1 is 1.44 bits per heavy atom. The van der Waals surface area contributed by atoms with E-state index in [1.165, 1.54) is 6.07 Å². The average molecular weight is 246 g/mol. The minimum atomic E-state index is -0.372. The van der Waals surface area contributed by atoms with Crippen LogP contribution in [0.1, 0.15) is 12.5 Å². The fourth-order valence-corrected chi connectivity index (χ4v) is 1.74. The molecule has 18 heavy (non-hydrogen) atoms. The largest absolute Gasteiger partial charge is 0.351 e. The maximum atomic E-state index is 10.9. The molecule has 2 aromatic rings. The smallest absolute Gasteiger partial charge is 0.274 e. The normalized spacial score (nSPS) is 10.3. The van der Waals surface area contributed by atoms with Crippen molar-refractivity contribution >= 4 is 11.6 Å². The number of anilines is 1. The summed E-state index contributed by atoms with van der Waals surface area (Å²) in [5.41, 5.74) is 0.771. The lowest BCUT2D eigenvalue weighted by atomic mass is 10.2. The molecule has 0 atom stereocenters. The lowest BCUT2D eigenvalue weighted by Gasteiger charge is -2.08. The molecule has 6 heteroatoms. The molecule has 0 aliphatic carbocycles. The second-order valence-electron chi connectivity index (χ2n) is 3.78. The summed E-state index contributed by atoms with van der Waals surface area (Å²) >= 11 is 0. The fourth-order valence-electron chi connectivity index (χ4n) is 1.74. The van der Waals surface area contributed by atoms with E-state index in [0.717, 1.165) is 12.5 Å². The molecular weight excluding hydrogens is 232 g/mol. The van der Waals surface area contributed by atoms with Crippen LogP contribution in [0.5, 0.6) is 0 Å². The number of nitrogens with zero attached hydrogens (tertiary/aromatic N) is 3. The Morgan fingerprint density at radius 2 is 2.22 bits per heavy atom. The molecule has 0 aliphatic heterocycles. The number of aryl methyl sites for hydroxylation is 1. The van der Waals surface area contributed by atoms with Crippen molar-refractivity contribution in [3.05, 3.63) is 52.3 Å². The van der Waals surface area contributed by atoms with Crippen molar-refractivity contribution in [3.8, 4) is 0 Å². The summed E-state index contributed by atoms with van der Waals surface area (Å²) in [6.45, 7) is 3.20. The van der Waals surface area contributed by atoms with Crippen molar-refractivity contribution in [2.45, 2.75) is 20.0 Å². The number of nitrogens with one attached hydrogen (secondary N) is 1. The first-order chi connectivity index (χ1) is 8.72. The fraction of sp³-hybridized carbons (Fsp3) is 0.250. The van der Waals surface area contributed by atoms with Crippen molar-refractivity contribution in [1.82, 2.24) is 9.55 Å². The van der Waals surface area contributed by atoms with Gasteiger partial charge in [0, 0.05) is 37.1 Å². The molecule has 0 fully saturated rings. The van der Waals surface area contributed by atoms with E-state index in [9.17, 15) is 10.1 Å². The number of rotatable bonds is 5. The van der Waals surface area contributed by atoms with Crippen LogP contribution in [0.15, 0.2) is 36.7 Å². The van der Waals surface area contributed by atoms with E-state index in [4.69, 9.17) is 0 Å². The summed E-state index contributed by atoms with van der Waals surface area (Å²) in [6, 6.07) is 6.69. The van der Waals surface area contributed by atoms with Gasteiger partial charge in [-0.25, -0.2) is 4.98 Å². The topological polar surface area (TPSA) is 73.0 Å². The van der Waals surface area contributed by atoms with Crippen molar-refractivity contribution in [3.63, 3.8) is 0 Å². The number of hydrogen-bond acceptors (Lipinski definition) is 4. The molecule has 0 spiro atoms. The quantitative estimate of drug-likeness (QED) is 0.649. The van der Waals surface area contributed by atoms with Gasteiger partial charge in [-0.15, -0.1) is 0 Å². The first kappa shape index (κ1) is 12.1. The Kier molecular flexibility index (Phi) is 3.57. The summed E-state index contributed by atoms with van der Waals surface area (Å²) in [4.78, 5) is 14.7. The first-order valence-electron chi connectivity index (χ1n) is 5.69. The summed E-state index contributed by atoms with van der Waals surface area (Å²) in [6.07, 6.45) is 3.56. The van der Waals surface area contributed by atoms with Gasteiger partial charge in [-0.2, -0.15) is 0 Å². The van der Waals surface area contributed by atoms with E-state index in [1.54, 1.807) is 24.4 Å². The summed E-state index contributed by atoms with van der Waals surface area (Å²) in [7, 11) is 0. The standard InChI is InChI=1S/C12H14N4O2/c1-2-15-8-7-13-12(15)14-9-10-5-3-4-6-11(10)16(17)18/h3-8H,2,9H2,1H3,(H,13,14). The third-order valence-electron chi connectivity index (χ3n) is 2.68. The number of benzene rings is 1. The molecule has 0 saturated heterocycles. The van der Waals surface area contributed by atoms with Gasteiger partial charge in [0.2, 0.25) is 5.95 Å². The number of imidazole rings is 1. The second kappa shape index (κ2) is 5.31. The van der Waals surface area contributed by atoms with Gasteiger partial charge in [0.05, 0.1) is 4.92 Å². The maximum absolute atomic E-state index is 10.9. The number of aromatic nitrogens is 2. The van der Waals surface area contributed by atoms with Gasteiger partial charge in [0.25, 0.3) is 5.69 Å². The van der Waals surface area contributed by atoms with Crippen LogP contribution in [0.2, 0.25) is 0 Å². The van der Waals surface area contributed by atoms with Crippen LogP contribution in [0.3, 0.4) is 0 Å². The maximum Gasteiger partial charge on any atom is 0.274 e. The van der Waals surface area contributed by atoms with Crippen molar-refractivity contribution in [1.29, 1.82) is 0 Å². The highest BCUT2D eigenvalue weighted by molar-refractivity contribution is 5.42. The van der Waals surface area contributed by atoms with E-state index in [0.29, 0.717) is 12.1 Å². The molecule has 1 aromatic heterocycles. The van der Waals surface area contributed by atoms with Crippen LogP contribution >= 0.6 is 0 Å². The van der Waals surface area contributed by atoms with E-state index >= 15 is 0 Å². The Morgan fingerprint density at radius 3 is 2.94 bits per heavy atom. The number of nitro benzene ring substituents is 1. The lowest BCUT2D eigenvalue weighted by Crippen LogP contribution is -2.07. The van der Waals surface area contributed by atoms with Gasteiger partial charge in [0.1, 0.15) is 0 Å². The van der Waals surface area contributed by atoms with Crippen LogP contribution in [0.4, 0.5) is 11.6 Å². The molecular formula is C12H14N4O2. The minimum Gasteiger partial charge on any atom is -0.351 e. The van der Waals surface area contributed by atoms with E-state index in [2.05, 4.69) is 10.3 Å². The summed E-state index contributed by atoms with van der Waals surface area (Å²) < 4.78 is 1.94. The number of hydrogen-bond donors (Lipinski definition) is 1. The molecule has 1 N–H and O–H groups in total. The molecule has 6 nitrogen and oxygen atoms in total. The molecule has 2 rings (SSSR count). The van der Waals surface area contributed by atoms with Gasteiger partial charge < -0.3 is 9.88 Å². The highest BCUT2D eigenvalue weighted by Gasteiger charge is 2.12. The van der Waals surface area contributed by atoms with Crippen LogP contribution in [-0.2, 0) is 13.1 Å². The molecule has 0 radical (unpaired) electrons. The Hall–Kier alpha value is -2.37. The van der Waals surface area contributed by atoms with Gasteiger partial charge >= 0.3 is 0 Å². The highest BCUT2D eigenvalue weighted by atomic mass is 16.6. The lowest BCUT2D eigenvalue weighted by molar-refractivity contribution is -0.385. The molecule has 0 amide bonds. The molecule has 1 aromatic carbocycles. The highest BCUT2D eigenvalue weighted by Crippen LogP contribution is 2.18. The number of nitro groups is 1. The van der Waals surface area contributed by atoms with Crippen molar-refractivity contribution in [2.75, 3.05) is 5.32 Å². The van der Waals surface area contributed by atoms with Gasteiger partial charge in [-0.3, -0.25) is 10.1 Å². The molecule has 0 saturated carbocycles. The van der Waals surface area contributed by atoms with Crippen LogP contribution in [0.25, 0.3) is 0 Å². The first-order valence-corrected chi connectivity index (χ1v) is 5.69. The monoisotopic (exact) mass is 246 g/mol. The summed E-state index contributed by atoms with van der Waals surface area (Å²) in [5.74, 6) is 0.718. The van der Waals surface area contributed by atoms with Gasteiger partial charge in [0.15, 0.2) is 0 Å². The number of para-hydroxylation sites is 1. The Labute approximate surface area is 104 Å². The predicted molar refractivity (Wildman–Crippen MR) is 68.3 cm³/mol. The van der Waals surface area contributed by atoms with E-state index in [-0.39, 0.29) is 10.6 Å². The van der Waals surface area contributed by atoms with Crippen LogP contribution in [-0.4, -0.2) is 14.5 Å². The summed E-state index contributed by atoms with van der Waals surface area (Å²) in [5, 5.41) is 14.0. The van der Waals surface area contributed by atoms with Gasteiger partial charge in [-0.1, -0.05) is 18.2 Å². The zero-order chi connectivity index (χ0) is 13.0. The molecule has 0 bridgehead atoms. The van der Waals surface area contributed by atoms with Gasteiger partial charge in [-0.05, 0) is 6.92 Å². The zero-order valence-electron chi connectivity index (χ0n) is 10.0. The molecule has 0 aliphatic rings. The van der Waals surface area contributed by atoms with Crippen molar-refractivity contribution in [2.24, 2.45) is 0 Å². The minimum absolute atomic E-state index is 0.125. The van der Waals surface area contributed by atoms with Crippen LogP contribution in [0, 0.1) is 10.1 Å². The third-order valence-corrected chi connectivity index (χ3v) is 2.68. The van der Waals surface area contributed by atoms with E-state index < -0.39 is 0 Å². The SMILES string of the molecule is CCn1ccnc1NCc1ccccc1[N+](=O)[O-]. The van der Waals surface area contributed by atoms with Crippen molar-refractivity contribution < 1.29 is 4.92 Å². The van der Waals surface area contributed by atoms with E-state index in [1.807, 2.05) is 17.7 Å². The Bertz CT molecular complexity index is 551. The molecule has 94 valence electrons. The molecule has 0 unspecified atom stereocenters.